The molecule has 0 aliphatic heterocycles. The van der Waals surface area contributed by atoms with Crippen molar-refractivity contribution in [3.63, 3.8) is 0 Å². The molecule has 0 radical (unpaired) electrons. The highest BCUT2D eigenvalue weighted by Gasteiger charge is 2.51. The van der Waals surface area contributed by atoms with E-state index >= 15 is 4.39 Å². The van der Waals surface area contributed by atoms with Crippen LogP contribution in [-0.2, 0) is 10.5 Å². The number of quaternary nitrogens is 1. The van der Waals surface area contributed by atoms with Gasteiger partial charge in [-0.05, 0) is 6.92 Å². The molecule has 0 N–H and O–H groups in total. The smallest absolute Gasteiger partial charge is 0.489 e. The molecule has 4 rings (SSSR count). The van der Waals surface area contributed by atoms with Crippen molar-refractivity contribution in [3.8, 4) is 17.2 Å². The van der Waals surface area contributed by atoms with Crippen molar-refractivity contribution in [3.05, 3.63) is 124 Å². The molecule has 0 spiro atoms. The van der Waals surface area contributed by atoms with Gasteiger partial charge < -0.3 is 18.7 Å². The largest absolute Gasteiger partial charge is 0.864 e. The van der Waals surface area contributed by atoms with Crippen LogP contribution in [-0.4, -0.2) is 39.6 Å². The molecule has 1 unspecified atom stereocenters. The summed E-state index contributed by atoms with van der Waals surface area (Å²) in [5.74, 6) is -22.2. The van der Waals surface area contributed by atoms with Crippen molar-refractivity contribution in [1.82, 2.24) is 0 Å². The third-order valence-electron chi connectivity index (χ3n) is 6.90. The van der Waals surface area contributed by atoms with Gasteiger partial charge in [0.15, 0.2) is 52.4 Å². The van der Waals surface area contributed by atoms with Gasteiger partial charge >= 0.3 is 7.32 Å². The third-order valence-corrected chi connectivity index (χ3v) is 6.90. The Kier molecular flexibility index (Phi) is 12.7. The van der Waals surface area contributed by atoms with Gasteiger partial charge in [0.25, 0.3) is 0 Å². The van der Waals surface area contributed by atoms with Gasteiger partial charge in [0, 0.05) is 48.4 Å². The molecule has 0 aliphatic carbocycles. The molecular weight excluding hydrogens is 701 g/mol. The first kappa shape index (κ1) is 39.9. The molecule has 0 fully saturated rings. The van der Waals surface area contributed by atoms with Gasteiger partial charge in [0.05, 0.1) is 33.6 Å². The lowest BCUT2D eigenvalue weighted by molar-refractivity contribution is -0.961. The topological polar surface area (TPSA) is 36.9 Å². The lowest BCUT2D eigenvalue weighted by atomic mass is 9.93. The standard InChI is InChI=1S/C26H24BF9NO4.C6H2F3/c1-6-26(38-7-2,37(3,4)5)21-20(12-19(32)24(35)25(21)36)41-27(39-13-8-15(28)22(33)16(29)9-13)40-14-10-17(30)23(34)18(31)11-14;7-4-2-1-3-5(8)6(4)9/h8-12H,6-7H2,1-5H3;2-3H/q+1;-1. The highest BCUT2D eigenvalue weighted by Crippen LogP contribution is 2.44. The zero-order valence-corrected chi connectivity index (χ0v) is 26.6. The molecule has 5 nitrogen and oxygen atoms in total. The second-order valence-corrected chi connectivity index (χ2v) is 11.0. The molecule has 50 heavy (non-hydrogen) atoms. The van der Waals surface area contributed by atoms with Crippen molar-refractivity contribution in [2.24, 2.45) is 0 Å². The van der Waals surface area contributed by atoms with E-state index in [1.807, 2.05) is 0 Å². The number of rotatable bonds is 11. The predicted octanol–water partition coefficient (Wildman–Crippen LogP) is 8.67. The Morgan fingerprint density at radius 3 is 1.32 bits per heavy atom. The van der Waals surface area contributed by atoms with Crippen LogP contribution in [0.25, 0.3) is 0 Å². The highest BCUT2D eigenvalue weighted by atomic mass is 19.2. The van der Waals surface area contributed by atoms with Crippen molar-refractivity contribution in [2.45, 2.75) is 26.0 Å². The summed E-state index contributed by atoms with van der Waals surface area (Å²) in [5, 5.41) is 0. The zero-order chi connectivity index (χ0) is 37.7. The summed E-state index contributed by atoms with van der Waals surface area (Å²) in [7, 11) is 2.28. The van der Waals surface area contributed by atoms with Crippen molar-refractivity contribution in [2.75, 3.05) is 27.7 Å². The number of nitrogens with zero attached hydrogens (tertiary/aromatic N) is 1. The van der Waals surface area contributed by atoms with E-state index in [1.165, 1.54) is 0 Å². The Labute approximate surface area is 278 Å². The molecule has 270 valence electrons. The van der Waals surface area contributed by atoms with E-state index in [9.17, 15) is 48.3 Å². The minimum Gasteiger partial charge on any atom is -0.489 e. The van der Waals surface area contributed by atoms with Gasteiger partial charge in [0.1, 0.15) is 22.8 Å². The second kappa shape index (κ2) is 16.0. The normalized spacial score (nSPS) is 12.5. The van der Waals surface area contributed by atoms with Crippen molar-refractivity contribution < 1.29 is 75.9 Å². The summed E-state index contributed by atoms with van der Waals surface area (Å²) >= 11 is 0. The summed E-state index contributed by atoms with van der Waals surface area (Å²) in [6, 6.07) is 5.34. The van der Waals surface area contributed by atoms with E-state index in [4.69, 9.17) is 18.7 Å². The summed E-state index contributed by atoms with van der Waals surface area (Å²) in [6.07, 6.45) is -0.0438. The van der Waals surface area contributed by atoms with Crippen LogP contribution in [0.3, 0.4) is 0 Å². The maximum atomic E-state index is 15.5. The number of ether oxygens (including phenoxy) is 1. The van der Waals surface area contributed by atoms with Gasteiger partial charge in [-0.15, -0.1) is 12.1 Å². The molecular formula is C32H26BF12NO4. The molecule has 0 saturated carbocycles. The maximum Gasteiger partial charge on any atom is 0.864 e. The van der Waals surface area contributed by atoms with Gasteiger partial charge in [-0.2, -0.15) is 6.07 Å². The maximum absolute atomic E-state index is 15.5. The Morgan fingerprint density at radius 1 is 0.560 bits per heavy atom. The van der Waals surface area contributed by atoms with E-state index in [0.717, 1.165) is 12.1 Å². The van der Waals surface area contributed by atoms with Crippen LogP contribution >= 0.6 is 0 Å². The van der Waals surface area contributed by atoms with Crippen LogP contribution in [0.4, 0.5) is 52.7 Å². The average molecular weight is 727 g/mol. The minimum atomic E-state index is -2.39. The van der Waals surface area contributed by atoms with Crippen LogP contribution in [0.5, 0.6) is 17.2 Å². The fourth-order valence-corrected chi connectivity index (χ4v) is 4.65. The summed E-state index contributed by atoms with van der Waals surface area (Å²) < 4.78 is 184. The van der Waals surface area contributed by atoms with Crippen LogP contribution < -0.4 is 14.0 Å². The number of benzene rings is 4. The Hall–Kier alpha value is -4.58. The first-order valence-corrected chi connectivity index (χ1v) is 14.2. The lowest BCUT2D eigenvalue weighted by Crippen LogP contribution is -2.57. The van der Waals surface area contributed by atoms with Gasteiger partial charge in [-0.25, -0.2) is 43.9 Å². The Morgan fingerprint density at radius 2 is 0.960 bits per heavy atom. The number of hydrogen-bond donors (Lipinski definition) is 0. The summed E-state index contributed by atoms with van der Waals surface area (Å²) in [5.41, 5.74) is -2.42. The van der Waals surface area contributed by atoms with Gasteiger partial charge in [-0.1, -0.05) is 6.92 Å². The number of hydrogen-bond acceptors (Lipinski definition) is 4. The second-order valence-electron chi connectivity index (χ2n) is 11.0. The zero-order valence-electron chi connectivity index (χ0n) is 26.6. The average Bonchev–Trinajstić information content (AvgIpc) is 3.03. The van der Waals surface area contributed by atoms with Gasteiger partial charge in [0.2, 0.25) is 5.72 Å². The quantitative estimate of drug-likeness (QED) is 0.0387. The molecule has 0 aromatic heterocycles. The first-order valence-electron chi connectivity index (χ1n) is 14.2. The van der Waals surface area contributed by atoms with E-state index in [2.05, 4.69) is 6.07 Å². The summed E-state index contributed by atoms with van der Waals surface area (Å²) in [4.78, 5) is 0. The van der Waals surface area contributed by atoms with E-state index in [0.29, 0.717) is 30.3 Å². The van der Waals surface area contributed by atoms with E-state index in [-0.39, 0.29) is 17.5 Å². The Bertz CT molecular complexity index is 1720. The fourth-order valence-electron chi connectivity index (χ4n) is 4.65. The molecule has 0 bridgehead atoms. The molecule has 1 atom stereocenters. The predicted molar refractivity (Wildman–Crippen MR) is 153 cm³/mol. The van der Waals surface area contributed by atoms with Crippen LogP contribution in [0.15, 0.2) is 42.5 Å². The number of halogens is 12. The van der Waals surface area contributed by atoms with Crippen LogP contribution in [0.2, 0.25) is 0 Å². The summed E-state index contributed by atoms with van der Waals surface area (Å²) in [6.45, 7) is 3.07. The van der Waals surface area contributed by atoms with Gasteiger partial charge in [-0.3, -0.25) is 13.3 Å². The molecule has 0 aliphatic rings. The highest BCUT2D eigenvalue weighted by molar-refractivity contribution is 6.39. The Balaban J connectivity index is 0.000000650. The van der Waals surface area contributed by atoms with Crippen molar-refractivity contribution >= 4 is 7.32 Å². The molecule has 18 heteroatoms. The van der Waals surface area contributed by atoms with E-state index in [1.54, 1.807) is 35.0 Å². The monoisotopic (exact) mass is 727 g/mol. The minimum absolute atomic E-state index is 0.0417. The first-order chi connectivity index (χ1) is 23.3. The molecule has 0 amide bonds. The molecule has 4 aromatic rings. The molecule has 0 heterocycles. The van der Waals surface area contributed by atoms with Crippen LogP contribution in [0, 0.1) is 75.9 Å². The van der Waals surface area contributed by atoms with E-state index < -0.39 is 106 Å². The fraction of sp³-hybridized carbons (Fsp3) is 0.250. The SMILES string of the molecule is CCOC(CC)(c1c(OB(Oc2cc(F)c(F)c(F)c2)Oc2cc(F)c(F)c(F)c2)cc(F)c(F)c1F)[N+](C)(C)C.Fc1c[c-]cc(F)c1F. The molecule has 4 aromatic carbocycles. The third kappa shape index (κ3) is 8.58. The van der Waals surface area contributed by atoms with Crippen molar-refractivity contribution in [1.29, 1.82) is 0 Å². The van der Waals surface area contributed by atoms with Crippen LogP contribution in [0.1, 0.15) is 25.8 Å². The lowest BCUT2D eigenvalue weighted by Gasteiger charge is -2.45. The molecule has 0 saturated heterocycles.